The highest BCUT2D eigenvalue weighted by atomic mass is 32.2. The van der Waals surface area contributed by atoms with Crippen molar-refractivity contribution in [2.45, 2.75) is 18.4 Å². The maximum Gasteiger partial charge on any atom is 0.341 e. The molecule has 1 aliphatic heterocycles. The standard InChI is InChI=1S/C18H20N2O9S/c1-12-15(18(21)26-2)9-13(29-12)11-28-17-4-3-14(10-16(17)20(22)23)30(24,25)19-5-7-27-8-6-19/h3-4,9-10H,5-8,11H2,1-2H3. The molecule has 1 aliphatic rings. The molecule has 11 nitrogen and oxygen atoms in total. The van der Waals surface area contributed by atoms with E-state index < -0.39 is 26.6 Å². The van der Waals surface area contributed by atoms with E-state index in [-0.39, 0.29) is 54.9 Å². The molecule has 0 radical (unpaired) electrons. The monoisotopic (exact) mass is 440 g/mol. The van der Waals surface area contributed by atoms with Crippen molar-refractivity contribution in [2.75, 3.05) is 33.4 Å². The molecule has 0 saturated carbocycles. The average molecular weight is 440 g/mol. The molecule has 30 heavy (non-hydrogen) atoms. The summed E-state index contributed by atoms with van der Waals surface area (Å²) in [4.78, 5) is 22.2. The van der Waals surface area contributed by atoms with Gasteiger partial charge in [0.2, 0.25) is 10.0 Å². The molecule has 1 aromatic heterocycles. The summed E-state index contributed by atoms with van der Waals surface area (Å²) in [5, 5.41) is 11.5. The van der Waals surface area contributed by atoms with Crippen molar-refractivity contribution < 1.29 is 36.8 Å². The zero-order valence-electron chi connectivity index (χ0n) is 16.3. The van der Waals surface area contributed by atoms with Gasteiger partial charge in [0.15, 0.2) is 5.75 Å². The predicted octanol–water partition coefficient (Wildman–Crippen LogP) is 1.88. The lowest BCUT2D eigenvalue weighted by atomic mass is 10.2. The largest absolute Gasteiger partial charge is 0.479 e. The molecule has 0 unspecified atom stereocenters. The number of nitro benzene ring substituents is 1. The number of hydrogen-bond acceptors (Lipinski definition) is 9. The fraction of sp³-hybridized carbons (Fsp3) is 0.389. The lowest BCUT2D eigenvalue weighted by Crippen LogP contribution is -2.40. The van der Waals surface area contributed by atoms with Crippen molar-refractivity contribution in [3.8, 4) is 5.75 Å². The zero-order chi connectivity index (χ0) is 21.9. The number of rotatable bonds is 7. The summed E-state index contributed by atoms with van der Waals surface area (Å²) in [5.74, 6) is -0.130. The van der Waals surface area contributed by atoms with Crippen molar-refractivity contribution >= 4 is 21.7 Å². The van der Waals surface area contributed by atoms with Crippen LogP contribution in [0.15, 0.2) is 33.6 Å². The second-order valence-corrected chi connectivity index (χ2v) is 8.30. The Morgan fingerprint density at radius 2 is 1.97 bits per heavy atom. The number of benzene rings is 1. The number of nitro groups is 1. The lowest BCUT2D eigenvalue weighted by molar-refractivity contribution is -0.386. The minimum atomic E-state index is -3.89. The highest BCUT2D eigenvalue weighted by Crippen LogP contribution is 2.32. The van der Waals surface area contributed by atoms with Gasteiger partial charge in [-0.3, -0.25) is 10.1 Å². The third kappa shape index (κ3) is 4.45. The Bertz CT molecular complexity index is 1060. The molecule has 1 aromatic carbocycles. The number of sulfonamides is 1. The van der Waals surface area contributed by atoms with E-state index in [1.807, 2.05) is 0 Å². The van der Waals surface area contributed by atoms with Crippen LogP contribution in [0.3, 0.4) is 0 Å². The molecule has 3 rings (SSSR count). The second kappa shape index (κ2) is 8.81. The number of methoxy groups -OCH3 is 1. The third-order valence-electron chi connectivity index (χ3n) is 4.48. The minimum Gasteiger partial charge on any atom is -0.479 e. The number of morpholine rings is 1. The van der Waals surface area contributed by atoms with Gasteiger partial charge in [0.1, 0.15) is 23.7 Å². The highest BCUT2D eigenvalue weighted by molar-refractivity contribution is 7.89. The first-order chi connectivity index (χ1) is 14.2. The van der Waals surface area contributed by atoms with Crippen molar-refractivity contribution in [1.82, 2.24) is 4.31 Å². The van der Waals surface area contributed by atoms with Crippen LogP contribution in [-0.4, -0.2) is 57.0 Å². The van der Waals surface area contributed by atoms with E-state index in [4.69, 9.17) is 13.9 Å². The first-order valence-corrected chi connectivity index (χ1v) is 10.3. The van der Waals surface area contributed by atoms with Gasteiger partial charge in [-0.25, -0.2) is 13.2 Å². The molecular formula is C18H20N2O9S. The van der Waals surface area contributed by atoms with Crippen LogP contribution in [0.25, 0.3) is 0 Å². The van der Waals surface area contributed by atoms with Crippen molar-refractivity contribution in [3.05, 3.63) is 51.5 Å². The summed E-state index contributed by atoms with van der Waals surface area (Å²) in [5.41, 5.74) is -0.279. The first kappa shape index (κ1) is 21.7. The van der Waals surface area contributed by atoms with Crippen LogP contribution in [0.4, 0.5) is 5.69 Å². The summed E-state index contributed by atoms with van der Waals surface area (Å²) < 4.78 is 47.3. The number of carbonyl (C=O) groups excluding carboxylic acids is 1. The molecule has 0 amide bonds. The van der Waals surface area contributed by atoms with Crippen molar-refractivity contribution in [3.63, 3.8) is 0 Å². The van der Waals surface area contributed by atoms with E-state index in [9.17, 15) is 23.3 Å². The van der Waals surface area contributed by atoms with Crippen LogP contribution < -0.4 is 4.74 Å². The van der Waals surface area contributed by atoms with Crippen molar-refractivity contribution in [1.29, 1.82) is 0 Å². The number of hydrogen-bond donors (Lipinski definition) is 0. The smallest absolute Gasteiger partial charge is 0.341 e. The van der Waals surface area contributed by atoms with Crippen LogP contribution in [0.1, 0.15) is 21.9 Å². The fourth-order valence-electron chi connectivity index (χ4n) is 2.93. The molecule has 2 heterocycles. The Kier molecular flexibility index (Phi) is 6.39. The Labute approximate surface area is 172 Å². The number of carbonyl (C=O) groups is 1. The number of aryl methyl sites for hydroxylation is 1. The van der Waals surface area contributed by atoms with Gasteiger partial charge in [-0.15, -0.1) is 0 Å². The number of nitrogens with zero attached hydrogens (tertiary/aromatic N) is 2. The van der Waals surface area contributed by atoms with Gasteiger partial charge in [0.25, 0.3) is 0 Å². The van der Waals surface area contributed by atoms with E-state index >= 15 is 0 Å². The molecule has 0 spiro atoms. The molecule has 2 aromatic rings. The maximum atomic E-state index is 12.7. The summed E-state index contributed by atoms with van der Waals surface area (Å²) in [6.07, 6.45) is 0. The van der Waals surface area contributed by atoms with Gasteiger partial charge in [-0.2, -0.15) is 4.31 Å². The molecule has 0 N–H and O–H groups in total. The number of esters is 1. The van der Waals surface area contributed by atoms with E-state index in [1.165, 1.54) is 29.6 Å². The molecule has 1 saturated heterocycles. The highest BCUT2D eigenvalue weighted by Gasteiger charge is 2.29. The number of furan rings is 1. The van der Waals surface area contributed by atoms with Gasteiger partial charge >= 0.3 is 11.7 Å². The van der Waals surface area contributed by atoms with Gasteiger partial charge in [0.05, 0.1) is 30.1 Å². The van der Waals surface area contributed by atoms with Crippen LogP contribution in [0, 0.1) is 17.0 Å². The number of ether oxygens (including phenoxy) is 3. The second-order valence-electron chi connectivity index (χ2n) is 6.37. The maximum absolute atomic E-state index is 12.7. The van der Waals surface area contributed by atoms with Crippen LogP contribution in [-0.2, 0) is 26.1 Å². The molecular weight excluding hydrogens is 420 g/mol. The predicted molar refractivity (Wildman–Crippen MR) is 102 cm³/mol. The van der Waals surface area contributed by atoms with Gasteiger partial charge < -0.3 is 18.6 Å². The third-order valence-corrected chi connectivity index (χ3v) is 6.37. The molecule has 0 atom stereocenters. The molecule has 12 heteroatoms. The Balaban J connectivity index is 1.82. The Morgan fingerprint density at radius 1 is 1.27 bits per heavy atom. The summed E-state index contributed by atoms with van der Waals surface area (Å²) in [7, 11) is -2.66. The Hall–Kier alpha value is -2.96. The van der Waals surface area contributed by atoms with Gasteiger partial charge in [-0.05, 0) is 25.1 Å². The minimum absolute atomic E-state index is 0.130. The summed E-state index contributed by atoms with van der Waals surface area (Å²) >= 11 is 0. The SMILES string of the molecule is COC(=O)c1cc(COc2ccc(S(=O)(=O)N3CCOCC3)cc2[N+](=O)[O-])oc1C. The van der Waals surface area contributed by atoms with E-state index in [0.717, 1.165) is 6.07 Å². The molecule has 0 bridgehead atoms. The molecule has 162 valence electrons. The van der Waals surface area contributed by atoms with Gasteiger partial charge in [0, 0.05) is 19.2 Å². The van der Waals surface area contributed by atoms with Gasteiger partial charge in [-0.1, -0.05) is 0 Å². The fourth-order valence-corrected chi connectivity index (χ4v) is 4.36. The average Bonchev–Trinajstić information content (AvgIpc) is 3.12. The summed E-state index contributed by atoms with van der Waals surface area (Å²) in [6.45, 7) is 2.25. The van der Waals surface area contributed by atoms with Crippen LogP contribution in [0.2, 0.25) is 0 Å². The molecule has 0 aliphatic carbocycles. The van der Waals surface area contributed by atoms with E-state index in [0.29, 0.717) is 5.76 Å². The lowest BCUT2D eigenvalue weighted by Gasteiger charge is -2.26. The topological polar surface area (TPSA) is 138 Å². The quantitative estimate of drug-likeness (QED) is 0.359. The van der Waals surface area contributed by atoms with Crippen LogP contribution in [0.5, 0.6) is 5.75 Å². The van der Waals surface area contributed by atoms with E-state index in [2.05, 4.69) is 4.74 Å². The summed E-state index contributed by atoms with van der Waals surface area (Å²) in [6, 6.07) is 4.86. The molecule has 1 fully saturated rings. The first-order valence-electron chi connectivity index (χ1n) is 8.91. The zero-order valence-corrected chi connectivity index (χ0v) is 17.1. The van der Waals surface area contributed by atoms with E-state index in [1.54, 1.807) is 6.92 Å². The normalized spacial score (nSPS) is 15.0. The van der Waals surface area contributed by atoms with Crippen LogP contribution >= 0.6 is 0 Å². The van der Waals surface area contributed by atoms with Crippen molar-refractivity contribution in [2.24, 2.45) is 0 Å². The Morgan fingerprint density at radius 3 is 2.60 bits per heavy atom.